The van der Waals surface area contributed by atoms with Crippen LogP contribution in [0.2, 0.25) is 0 Å². The van der Waals surface area contributed by atoms with Crippen LogP contribution in [0, 0.1) is 0 Å². The normalized spacial score (nSPS) is 17.2. The van der Waals surface area contributed by atoms with Crippen molar-refractivity contribution in [2.75, 3.05) is 19.5 Å². The molecule has 13 heteroatoms. The molecule has 2 unspecified atom stereocenters. The van der Waals surface area contributed by atoms with Crippen molar-refractivity contribution in [3.63, 3.8) is 0 Å². The third-order valence-electron chi connectivity index (χ3n) is 8.12. The Hall–Kier alpha value is -3.87. The molecule has 0 spiro atoms. The average molecular weight is 647 g/mol. The molecule has 1 aliphatic rings. The quantitative estimate of drug-likeness (QED) is 0.116. The number of halogens is 1. The van der Waals surface area contributed by atoms with Gasteiger partial charge in [0.05, 0.1) is 0 Å². The lowest BCUT2D eigenvalue weighted by atomic mass is 9.99. The number of aliphatic carboxylic acids is 1. The molecule has 0 radical (unpaired) electrons. The third-order valence-corrected chi connectivity index (χ3v) is 8.39. The summed E-state index contributed by atoms with van der Waals surface area (Å²) < 4.78 is 0. The molecular formula is C32H43ClN4O8. The zero-order valence-corrected chi connectivity index (χ0v) is 26.1. The maximum atomic E-state index is 14.1. The van der Waals surface area contributed by atoms with Gasteiger partial charge < -0.3 is 41.3 Å². The monoisotopic (exact) mass is 646 g/mol. The van der Waals surface area contributed by atoms with E-state index in [2.05, 4.69) is 5.32 Å². The van der Waals surface area contributed by atoms with Gasteiger partial charge in [0.15, 0.2) is 0 Å². The summed E-state index contributed by atoms with van der Waals surface area (Å²) in [6, 6.07) is 7.85. The molecule has 1 aliphatic heterocycles. The fraction of sp³-hybridized carbons (Fsp3) is 0.500. The van der Waals surface area contributed by atoms with Gasteiger partial charge in [0.1, 0.15) is 35.7 Å². The van der Waals surface area contributed by atoms with Crippen molar-refractivity contribution in [2.24, 2.45) is 5.73 Å². The summed E-state index contributed by atoms with van der Waals surface area (Å²) in [4.78, 5) is 55.5. The van der Waals surface area contributed by atoms with Crippen molar-refractivity contribution in [3.8, 4) is 11.5 Å². The van der Waals surface area contributed by atoms with Crippen molar-refractivity contribution in [1.29, 1.82) is 0 Å². The van der Waals surface area contributed by atoms with Crippen molar-refractivity contribution in [3.05, 3.63) is 59.7 Å². The molecule has 0 aromatic heterocycles. The smallest absolute Gasteiger partial charge is 0.326 e. The minimum atomic E-state index is -1.60. The van der Waals surface area contributed by atoms with E-state index in [0.717, 1.165) is 12.8 Å². The number of amides is 3. The highest BCUT2D eigenvalue weighted by Gasteiger charge is 2.41. The Kier molecular flexibility index (Phi) is 13.4. The topological polar surface area (TPSA) is 194 Å². The SMILES string of the molecule is CN(C(=O)[C@H](Cc1ccc(O)cc1)NC(=O)C(O)C(N)CCCCCCl)[C@@H](Cc1ccc(O)cc1)C(=O)N1CCC[C@H]1C(=O)O. The number of likely N-dealkylation sites (tertiary alicyclic amines) is 1. The number of nitrogens with zero attached hydrogens (tertiary/aromatic N) is 2. The second-order valence-electron chi connectivity index (χ2n) is 11.4. The van der Waals surface area contributed by atoms with Crippen molar-refractivity contribution >= 4 is 35.3 Å². The number of carbonyl (C=O) groups excluding carboxylic acids is 3. The Morgan fingerprint density at radius 3 is 2.11 bits per heavy atom. The maximum absolute atomic E-state index is 14.1. The molecule has 1 saturated heterocycles. The number of nitrogens with two attached hydrogens (primary N) is 1. The number of likely N-dealkylation sites (N-methyl/N-ethyl adjacent to an activating group) is 1. The largest absolute Gasteiger partial charge is 0.508 e. The number of phenols is 2. The van der Waals surface area contributed by atoms with Crippen LogP contribution in [0.4, 0.5) is 0 Å². The number of phenolic OH excluding ortho intramolecular Hbond substituents is 2. The van der Waals surface area contributed by atoms with E-state index in [1.165, 1.54) is 41.1 Å². The number of carbonyl (C=O) groups is 4. The van der Waals surface area contributed by atoms with Gasteiger partial charge in [-0.05, 0) is 61.1 Å². The van der Waals surface area contributed by atoms with Crippen LogP contribution in [0.25, 0.3) is 0 Å². The first-order chi connectivity index (χ1) is 21.4. The zero-order valence-electron chi connectivity index (χ0n) is 25.3. The second kappa shape index (κ2) is 17.0. The standard InChI is InChI=1S/C32H43ClN4O8/c1-36(27(19-21-10-14-23(39)15-11-21)31(43)37-17-5-7-26(37)32(44)45)30(42)25(18-20-8-12-22(38)13-9-20)35-29(41)28(40)24(34)6-3-2-4-16-33/h8-15,24-28,38-40H,2-7,16-19,34H2,1H3,(H,35,41)(H,44,45)/t24?,25-,26-,27-,28?/m0/s1. The van der Waals surface area contributed by atoms with Gasteiger partial charge in [-0.25, -0.2) is 4.79 Å². The molecule has 0 aliphatic carbocycles. The van der Waals surface area contributed by atoms with E-state index in [0.29, 0.717) is 36.3 Å². The van der Waals surface area contributed by atoms with Crippen LogP contribution in [0.15, 0.2) is 48.5 Å². The van der Waals surface area contributed by atoms with Crippen LogP contribution >= 0.6 is 11.6 Å². The minimum Gasteiger partial charge on any atom is -0.508 e. The number of benzene rings is 2. The van der Waals surface area contributed by atoms with E-state index in [-0.39, 0.29) is 37.3 Å². The lowest BCUT2D eigenvalue weighted by Crippen LogP contribution is -2.59. The number of hydrogen-bond acceptors (Lipinski definition) is 8. The lowest BCUT2D eigenvalue weighted by molar-refractivity contribution is -0.153. The maximum Gasteiger partial charge on any atom is 0.326 e. The van der Waals surface area contributed by atoms with Crippen LogP contribution in [-0.2, 0) is 32.0 Å². The predicted molar refractivity (Wildman–Crippen MR) is 168 cm³/mol. The highest BCUT2D eigenvalue weighted by molar-refractivity contribution is 6.17. The number of nitrogens with one attached hydrogen (secondary N) is 1. The lowest BCUT2D eigenvalue weighted by Gasteiger charge is -2.35. The Morgan fingerprint density at radius 1 is 0.978 bits per heavy atom. The van der Waals surface area contributed by atoms with Gasteiger partial charge in [-0.2, -0.15) is 0 Å². The fourth-order valence-electron chi connectivity index (χ4n) is 5.45. The van der Waals surface area contributed by atoms with E-state index >= 15 is 0 Å². The first-order valence-electron chi connectivity index (χ1n) is 15.1. The number of carboxylic acids is 1. The van der Waals surface area contributed by atoms with Crippen LogP contribution in [0.1, 0.15) is 49.7 Å². The molecule has 7 N–H and O–H groups in total. The molecule has 2 aromatic rings. The fourth-order valence-corrected chi connectivity index (χ4v) is 5.64. The second-order valence-corrected chi connectivity index (χ2v) is 11.8. The van der Waals surface area contributed by atoms with Gasteiger partial charge in [-0.3, -0.25) is 14.4 Å². The first kappa shape index (κ1) is 35.6. The number of aliphatic hydroxyl groups excluding tert-OH is 1. The Balaban J connectivity index is 1.89. The molecule has 3 rings (SSSR count). The molecule has 246 valence electrons. The molecule has 0 saturated carbocycles. The minimum absolute atomic E-state index is 0.0106. The number of aliphatic hydroxyl groups is 1. The molecule has 1 heterocycles. The summed E-state index contributed by atoms with van der Waals surface area (Å²) in [6.07, 6.45) is 1.75. The van der Waals surface area contributed by atoms with Gasteiger partial charge in [0.25, 0.3) is 5.91 Å². The van der Waals surface area contributed by atoms with E-state index in [9.17, 15) is 39.6 Å². The summed E-state index contributed by atoms with van der Waals surface area (Å²) >= 11 is 5.71. The summed E-state index contributed by atoms with van der Waals surface area (Å²) in [5, 5.41) is 42.5. The zero-order chi connectivity index (χ0) is 33.1. The van der Waals surface area contributed by atoms with E-state index in [4.69, 9.17) is 17.3 Å². The van der Waals surface area contributed by atoms with Gasteiger partial charge in [0.2, 0.25) is 11.8 Å². The number of unbranched alkanes of at least 4 members (excludes halogenated alkanes) is 2. The highest BCUT2D eigenvalue weighted by atomic mass is 35.5. The van der Waals surface area contributed by atoms with E-state index in [1.54, 1.807) is 24.3 Å². The van der Waals surface area contributed by atoms with E-state index in [1.807, 2.05) is 0 Å². The molecule has 45 heavy (non-hydrogen) atoms. The number of alkyl halides is 1. The molecular weight excluding hydrogens is 604 g/mol. The number of hydrogen-bond donors (Lipinski definition) is 6. The van der Waals surface area contributed by atoms with Crippen molar-refractivity contribution in [2.45, 2.75) is 81.6 Å². The van der Waals surface area contributed by atoms with Crippen LogP contribution in [-0.4, -0.2) is 104 Å². The molecule has 0 bridgehead atoms. The molecule has 2 aromatic carbocycles. The van der Waals surface area contributed by atoms with E-state index < -0.39 is 54.0 Å². The Bertz CT molecular complexity index is 1290. The average Bonchev–Trinajstić information content (AvgIpc) is 3.53. The Labute approximate surface area is 267 Å². The first-order valence-corrected chi connectivity index (χ1v) is 15.6. The summed E-state index contributed by atoms with van der Waals surface area (Å²) in [5.74, 6) is -2.67. The molecule has 12 nitrogen and oxygen atoms in total. The third kappa shape index (κ3) is 10.1. The summed E-state index contributed by atoms with van der Waals surface area (Å²) in [5.41, 5.74) is 7.30. The number of carboxylic acid groups (broad SMARTS) is 1. The molecule has 1 fully saturated rings. The van der Waals surface area contributed by atoms with Gasteiger partial charge in [0, 0.05) is 38.4 Å². The molecule has 3 amide bonds. The van der Waals surface area contributed by atoms with Crippen LogP contribution in [0.5, 0.6) is 11.5 Å². The van der Waals surface area contributed by atoms with Crippen LogP contribution < -0.4 is 11.1 Å². The Morgan fingerprint density at radius 2 is 1.56 bits per heavy atom. The number of aromatic hydroxyl groups is 2. The number of rotatable bonds is 16. The van der Waals surface area contributed by atoms with Crippen molar-refractivity contribution in [1.82, 2.24) is 15.1 Å². The summed E-state index contributed by atoms with van der Waals surface area (Å²) in [7, 11) is 1.41. The summed E-state index contributed by atoms with van der Waals surface area (Å²) in [6.45, 7) is 0.215. The highest BCUT2D eigenvalue weighted by Crippen LogP contribution is 2.23. The van der Waals surface area contributed by atoms with Crippen molar-refractivity contribution < 1.29 is 39.6 Å². The van der Waals surface area contributed by atoms with Gasteiger partial charge in [-0.15, -0.1) is 11.6 Å². The molecule has 5 atom stereocenters. The van der Waals surface area contributed by atoms with Gasteiger partial charge >= 0.3 is 5.97 Å². The van der Waals surface area contributed by atoms with Crippen LogP contribution in [0.3, 0.4) is 0 Å². The van der Waals surface area contributed by atoms with Gasteiger partial charge in [-0.1, -0.05) is 37.1 Å². The predicted octanol–water partition coefficient (Wildman–Crippen LogP) is 1.76.